The smallest absolute Gasteiger partial charge is 0.188 e. The summed E-state index contributed by atoms with van der Waals surface area (Å²) >= 11 is 0. The molecular formula is C7H15N3O2. The SMILES string of the molecule is CCO[C@@H]1CN(C(=N)N)C[C@H]1O. The van der Waals surface area contributed by atoms with E-state index in [0.29, 0.717) is 19.7 Å². The third-order valence-corrected chi connectivity index (χ3v) is 1.96. The zero-order chi connectivity index (χ0) is 9.14. The molecule has 0 aromatic rings. The van der Waals surface area contributed by atoms with Crippen LogP contribution >= 0.6 is 0 Å². The lowest BCUT2D eigenvalue weighted by molar-refractivity contribution is -0.00220. The van der Waals surface area contributed by atoms with Crippen molar-refractivity contribution in [2.24, 2.45) is 5.73 Å². The molecule has 5 nitrogen and oxygen atoms in total. The Bertz CT molecular complexity index is 174. The Morgan fingerprint density at radius 2 is 2.42 bits per heavy atom. The minimum absolute atomic E-state index is 0.00347. The molecular weight excluding hydrogens is 158 g/mol. The molecule has 12 heavy (non-hydrogen) atoms. The van der Waals surface area contributed by atoms with Crippen LogP contribution in [0, 0.1) is 5.41 Å². The van der Waals surface area contributed by atoms with Crippen molar-refractivity contribution in [1.29, 1.82) is 5.41 Å². The van der Waals surface area contributed by atoms with Gasteiger partial charge >= 0.3 is 0 Å². The molecule has 0 bridgehead atoms. The molecule has 0 aromatic heterocycles. The minimum Gasteiger partial charge on any atom is -0.388 e. The van der Waals surface area contributed by atoms with Crippen molar-refractivity contribution in [3.8, 4) is 0 Å². The Balaban J connectivity index is 2.44. The summed E-state index contributed by atoms with van der Waals surface area (Å²) in [6.07, 6.45) is -0.715. The first kappa shape index (κ1) is 9.28. The van der Waals surface area contributed by atoms with Gasteiger partial charge in [0.15, 0.2) is 5.96 Å². The molecule has 5 heteroatoms. The van der Waals surface area contributed by atoms with Crippen LogP contribution in [0.5, 0.6) is 0 Å². The molecule has 2 atom stereocenters. The molecule has 0 amide bonds. The minimum atomic E-state index is -0.520. The quantitative estimate of drug-likeness (QED) is 0.368. The summed E-state index contributed by atoms with van der Waals surface area (Å²) in [5.41, 5.74) is 5.26. The second-order valence-electron chi connectivity index (χ2n) is 2.85. The third-order valence-electron chi connectivity index (χ3n) is 1.96. The lowest BCUT2D eigenvalue weighted by Crippen LogP contribution is -2.35. The zero-order valence-electron chi connectivity index (χ0n) is 7.16. The molecule has 1 aliphatic rings. The number of rotatable bonds is 2. The van der Waals surface area contributed by atoms with E-state index in [4.69, 9.17) is 15.9 Å². The number of hydrogen-bond donors (Lipinski definition) is 3. The van der Waals surface area contributed by atoms with E-state index in [1.165, 1.54) is 0 Å². The highest BCUT2D eigenvalue weighted by Crippen LogP contribution is 2.12. The number of ether oxygens (including phenoxy) is 1. The van der Waals surface area contributed by atoms with Gasteiger partial charge in [-0.3, -0.25) is 5.41 Å². The Labute approximate surface area is 71.6 Å². The van der Waals surface area contributed by atoms with Gasteiger partial charge in [-0.05, 0) is 6.92 Å². The van der Waals surface area contributed by atoms with Gasteiger partial charge in [0.1, 0.15) is 6.10 Å². The molecule has 1 heterocycles. The van der Waals surface area contributed by atoms with Crippen molar-refractivity contribution in [3.63, 3.8) is 0 Å². The summed E-state index contributed by atoms with van der Waals surface area (Å²) in [4.78, 5) is 1.60. The number of nitrogens with one attached hydrogen (secondary N) is 1. The fraction of sp³-hybridized carbons (Fsp3) is 0.857. The first-order valence-corrected chi connectivity index (χ1v) is 4.03. The van der Waals surface area contributed by atoms with Crippen molar-refractivity contribution in [1.82, 2.24) is 4.90 Å². The van der Waals surface area contributed by atoms with Gasteiger partial charge in [0, 0.05) is 19.7 Å². The molecule has 70 valence electrons. The Kier molecular flexibility index (Phi) is 2.88. The second-order valence-corrected chi connectivity index (χ2v) is 2.85. The summed E-state index contributed by atoms with van der Waals surface area (Å²) in [6.45, 7) is 3.38. The fourth-order valence-corrected chi connectivity index (χ4v) is 1.33. The van der Waals surface area contributed by atoms with E-state index >= 15 is 0 Å². The van der Waals surface area contributed by atoms with Crippen molar-refractivity contribution in [2.45, 2.75) is 19.1 Å². The van der Waals surface area contributed by atoms with Crippen LogP contribution in [0.25, 0.3) is 0 Å². The van der Waals surface area contributed by atoms with Gasteiger partial charge in [0.05, 0.1) is 6.10 Å². The molecule has 0 aliphatic carbocycles. The monoisotopic (exact) mass is 173 g/mol. The summed E-state index contributed by atoms with van der Waals surface area (Å²) in [5.74, 6) is -0.00347. The van der Waals surface area contributed by atoms with E-state index in [2.05, 4.69) is 0 Å². The third kappa shape index (κ3) is 1.86. The number of β-amino-alcohol motifs (C(OH)–C–C–N with tert-alkyl or cyclic N) is 1. The molecule has 0 aromatic carbocycles. The first-order chi connectivity index (χ1) is 5.65. The van der Waals surface area contributed by atoms with Crippen molar-refractivity contribution >= 4 is 5.96 Å². The maximum absolute atomic E-state index is 9.42. The lowest BCUT2D eigenvalue weighted by atomic mass is 10.3. The normalized spacial score (nSPS) is 29.3. The van der Waals surface area contributed by atoms with Gasteiger partial charge in [-0.15, -0.1) is 0 Å². The van der Waals surface area contributed by atoms with Crippen molar-refractivity contribution in [2.75, 3.05) is 19.7 Å². The first-order valence-electron chi connectivity index (χ1n) is 4.03. The number of nitrogens with zero attached hydrogens (tertiary/aromatic N) is 1. The predicted molar refractivity (Wildman–Crippen MR) is 44.9 cm³/mol. The van der Waals surface area contributed by atoms with Crippen LogP contribution in [0.3, 0.4) is 0 Å². The van der Waals surface area contributed by atoms with Crippen LogP contribution in [-0.2, 0) is 4.74 Å². The predicted octanol–water partition coefficient (Wildman–Crippen LogP) is -1.04. The van der Waals surface area contributed by atoms with E-state index in [0.717, 1.165) is 0 Å². The number of hydrogen-bond acceptors (Lipinski definition) is 3. The maximum Gasteiger partial charge on any atom is 0.188 e. The molecule has 0 unspecified atom stereocenters. The van der Waals surface area contributed by atoms with Crippen LogP contribution in [0.1, 0.15) is 6.92 Å². The average molecular weight is 173 g/mol. The number of aliphatic hydroxyl groups excluding tert-OH is 1. The molecule has 0 saturated carbocycles. The summed E-state index contributed by atoms with van der Waals surface area (Å²) in [5, 5.41) is 16.6. The molecule has 4 N–H and O–H groups in total. The number of aliphatic hydroxyl groups is 1. The van der Waals surface area contributed by atoms with Crippen LogP contribution < -0.4 is 5.73 Å². The van der Waals surface area contributed by atoms with E-state index in [1.807, 2.05) is 6.92 Å². The van der Waals surface area contributed by atoms with Crippen LogP contribution in [0.15, 0.2) is 0 Å². The molecule has 0 radical (unpaired) electrons. The summed E-state index contributed by atoms with van der Waals surface area (Å²) < 4.78 is 5.25. The Morgan fingerprint density at radius 3 is 2.83 bits per heavy atom. The molecule has 1 fully saturated rings. The second kappa shape index (κ2) is 3.73. The van der Waals surface area contributed by atoms with E-state index in [-0.39, 0.29) is 12.1 Å². The molecule has 1 rings (SSSR count). The summed E-state index contributed by atoms with van der Waals surface area (Å²) in [6, 6.07) is 0. The number of nitrogens with two attached hydrogens (primary N) is 1. The highest BCUT2D eigenvalue weighted by atomic mass is 16.5. The average Bonchev–Trinajstić information content (AvgIpc) is 2.34. The fourth-order valence-electron chi connectivity index (χ4n) is 1.33. The van der Waals surface area contributed by atoms with Crippen LogP contribution in [0.2, 0.25) is 0 Å². The molecule has 1 saturated heterocycles. The lowest BCUT2D eigenvalue weighted by Gasteiger charge is -2.14. The van der Waals surface area contributed by atoms with Crippen LogP contribution in [0.4, 0.5) is 0 Å². The van der Waals surface area contributed by atoms with E-state index in [1.54, 1.807) is 4.90 Å². The van der Waals surface area contributed by atoms with Gasteiger partial charge in [-0.1, -0.05) is 0 Å². The van der Waals surface area contributed by atoms with Gasteiger partial charge in [0.2, 0.25) is 0 Å². The topological polar surface area (TPSA) is 82.6 Å². The van der Waals surface area contributed by atoms with Gasteiger partial charge in [-0.25, -0.2) is 0 Å². The maximum atomic E-state index is 9.42. The Morgan fingerprint density at radius 1 is 1.75 bits per heavy atom. The van der Waals surface area contributed by atoms with E-state index in [9.17, 15) is 5.11 Å². The van der Waals surface area contributed by atoms with Gasteiger partial charge in [-0.2, -0.15) is 0 Å². The van der Waals surface area contributed by atoms with Gasteiger partial charge in [0.25, 0.3) is 0 Å². The van der Waals surface area contributed by atoms with Crippen LogP contribution in [-0.4, -0.2) is 47.9 Å². The molecule has 1 aliphatic heterocycles. The standard InChI is InChI=1S/C7H15N3O2/c1-2-12-6-4-10(7(8)9)3-5(6)11/h5-6,11H,2-4H2,1H3,(H3,8,9)/t5-,6-/m1/s1. The number of guanidine groups is 1. The van der Waals surface area contributed by atoms with Crippen molar-refractivity contribution < 1.29 is 9.84 Å². The highest BCUT2D eigenvalue weighted by Gasteiger charge is 2.32. The Hall–Kier alpha value is -0.810. The van der Waals surface area contributed by atoms with Crippen molar-refractivity contribution in [3.05, 3.63) is 0 Å². The largest absolute Gasteiger partial charge is 0.388 e. The zero-order valence-corrected chi connectivity index (χ0v) is 7.16. The molecule has 0 spiro atoms. The number of likely N-dealkylation sites (tertiary alicyclic amines) is 1. The van der Waals surface area contributed by atoms with E-state index < -0.39 is 6.10 Å². The summed E-state index contributed by atoms with van der Waals surface area (Å²) in [7, 11) is 0. The van der Waals surface area contributed by atoms with Gasteiger partial charge < -0.3 is 20.5 Å². The highest BCUT2D eigenvalue weighted by molar-refractivity contribution is 5.75.